The zero-order valence-corrected chi connectivity index (χ0v) is 9.01. The fraction of sp³-hybridized carbons (Fsp3) is 0.0909. The summed E-state index contributed by atoms with van der Waals surface area (Å²) in [6.07, 6.45) is 2.68. The molecule has 0 unspecified atom stereocenters. The number of nitrogens with zero attached hydrogens (tertiary/aromatic N) is 1. The second-order valence-electron chi connectivity index (χ2n) is 3.25. The number of phenols is 1. The van der Waals surface area contributed by atoms with Gasteiger partial charge in [-0.1, -0.05) is 5.16 Å². The number of rotatable bonds is 3. The highest BCUT2D eigenvalue weighted by molar-refractivity contribution is 6.04. The Kier molecular flexibility index (Phi) is 2.95. The van der Waals surface area contributed by atoms with Crippen LogP contribution in [0.3, 0.4) is 0 Å². The van der Waals surface area contributed by atoms with Crippen LogP contribution in [0.2, 0.25) is 0 Å². The second kappa shape index (κ2) is 4.56. The summed E-state index contributed by atoms with van der Waals surface area (Å²) < 4.78 is 9.46. The molecule has 88 valence electrons. The van der Waals surface area contributed by atoms with Crippen LogP contribution in [0.5, 0.6) is 11.5 Å². The number of hydrogen-bond acceptors (Lipinski definition) is 5. The molecule has 0 saturated heterocycles. The van der Waals surface area contributed by atoms with E-state index in [4.69, 9.17) is 4.74 Å². The average molecular weight is 234 g/mol. The van der Waals surface area contributed by atoms with Gasteiger partial charge in [-0.3, -0.25) is 4.79 Å². The number of phenolic OH excluding ortho intramolecular Hbond substituents is 1. The topological polar surface area (TPSA) is 84.6 Å². The van der Waals surface area contributed by atoms with E-state index in [1.807, 2.05) is 0 Å². The van der Waals surface area contributed by atoms with Gasteiger partial charge in [-0.15, -0.1) is 0 Å². The Bertz CT molecular complexity index is 522. The van der Waals surface area contributed by atoms with Crippen molar-refractivity contribution in [2.75, 3.05) is 12.4 Å². The second-order valence-corrected chi connectivity index (χ2v) is 3.25. The quantitative estimate of drug-likeness (QED) is 0.843. The Morgan fingerprint density at radius 3 is 2.94 bits per heavy atom. The van der Waals surface area contributed by atoms with E-state index >= 15 is 0 Å². The van der Waals surface area contributed by atoms with Gasteiger partial charge < -0.3 is 19.7 Å². The standard InChI is InChI=1S/C11H10N2O4/c1-16-10-3-2-7(4-9(10)14)11(15)13-8-5-12-17-6-8/h2-6,14H,1H3,(H,13,15). The Labute approximate surface area is 96.8 Å². The number of ether oxygens (including phenoxy) is 1. The van der Waals surface area contributed by atoms with Gasteiger partial charge in [0.1, 0.15) is 12.0 Å². The van der Waals surface area contributed by atoms with Crippen molar-refractivity contribution >= 4 is 11.6 Å². The maximum Gasteiger partial charge on any atom is 0.255 e. The molecule has 0 fully saturated rings. The normalized spacial score (nSPS) is 9.94. The van der Waals surface area contributed by atoms with Crippen molar-refractivity contribution in [2.45, 2.75) is 0 Å². The lowest BCUT2D eigenvalue weighted by Gasteiger charge is -2.05. The molecular weight excluding hydrogens is 224 g/mol. The first-order valence-electron chi connectivity index (χ1n) is 4.78. The molecule has 2 rings (SSSR count). The maximum atomic E-state index is 11.7. The number of anilines is 1. The summed E-state index contributed by atoms with van der Waals surface area (Å²) >= 11 is 0. The molecule has 6 heteroatoms. The van der Waals surface area contributed by atoms with Gasteiger partial charge in [-0.05, 0) is 18.2 Å². The van der Waals surface area contributed by atoms with Gasteiger partial charge >= 0.3 is 0 Å². The number of aromatic hydroxyl groups is 1. The van der Waals surface area contributed by atoms with Gasteiger partial charge in [-0.2, -0.15) is 0 Å². The van der Waals surface area contributed by atoms with E-state index in [0.29, 0.717) is 17.0 Å². The summed E-state index contributed by atoms with van der Waals surface area (Å²) in [7, 11) is 1.44. The van der Waals surface area contributed by atoms with Crippen molar-refractivity contribution in [1.29, 1.82) is 0 Å². The van der Waals surface area contributed by atoms with E-state index in [1.165, 1.54) is 31.7 Å². The maximum absolute atomic E-state index is 11.7. The molecule has 2 N–H and O–H groups in total. The highest BCUT2D eigenvalue weighted by atomic mass is 16.5. The van der Waals surface area contributed by atoms with Crippen molar-refractivity contribution in [3.8, 4) is 11.5 Å². The smallest absolute Gasteiger partial charge is 0.255 e. The molecule has 0 spiro atoms. The number of nitrogens with one attached hydrogen (secondary N) is 1. The van der Waals surface area contributed by atoms with Gasteiger partial charge in [0.05, 0.1) is 13.3 Å². The Morgan fingerprint density at radius 2 is 2.35 bits per heavy atom. The number of aromatic nitrogens is 1. The molecule has 0 bridgehead atoms. The molecule has 1 heterocycles. The fourth-order valence-corrected chi connectivity index (χ4v) is 1.30. The van der Waals surface area contributed by atoms with Crippen LogP contribution in [0.1, 0.15) is 10.4 Å². The highest BCUT2D eigenvalue weighted by Crippen LogP contribution is 2.26. The molecule has 0 atom stereocenters. The van der Waals surface area contributed by atoms with Crippen molar-refractivity contribution in [3.05, 3.63) is 36.2 Å². The SMILES string of the molecule is COc1ccc(C(=O)Nc2cnoc2)cc1O. The minimum absolute atomic E-state index is 0.0922. The zero-order valence-electron chi connectivity index (χ0n) is 9.01. The van der Waals surface area contributed by atoms with E-state index in [0.717, 1.165) is 0 Å². The monoisotopic (exact) mass is 234 g/mol. The molecule has 1 amide bonds. The van der Waals surface area contributed by atoms with E-state index < -0.39 is 0 Å². The summed E-state index contributed by atoms with van der Waals surface area (Å²) in [6.45, 7) is 0. The molecule has 6 nitrogen and oxygen atoms in total. The first-order chi connectivity index (χ1) is 8.20. The van der Waals surface area contributed by atoms with Crippen LogP contribution in [0.25, 0.3) is 0 Å². The molecular formula is C11H10N2O4. The molecule has 1 aromatic heterocycles. The van der Waals surface area contributed by atoms with Gasteiger partial charge in [0.25, 0.3) is 5.91 Å². The van der Waals surface area contributed by atoms with Crippen molar-refractivity contribution in [3.63, 3.8) is 0 Å². The molecule has 0 radical (unpaired) electrons. The summed E-state index contributed by atoms with van der Waals surface area (Å²) in [5.41, 5.74) is 0.759. The van der Waals surface area contributed by atoms with E-state index in [9.17, 15) is 9.90 Å². The Balaban J connectivity index is 2.17. The van der Waals surface area contributed by atoms with Gasteiger partial charge in [0.2, 0.25) is 0 Å². The third-order valence-corrected chi connectivity index (χ3v) is 2.13. The summed E-state index contributed by atoms with van der Waals surface area (Å²) in [5.74, 6) is -0.150. The summed E-state index contributed by atoms with van der Waals surface area (Å²) in [6, 6.07) is 4.38. The first kappa shape index (κ1) is 11.0. The van der Waals surface area contributed by atoms with Crippen LogP contribution in [0, 0.1) is 0 Å². The van der Waals surface area contributed by atoms with Crippen LogP contribution in [0.15, 0.2) is 35.2 Å². The van der Waals surface area contributed by atoms with Gasteiger partial charge in [0.15, 0.2) is 11.5 Å². The molecule has 0 aliphatic rings. The summed E-state index contributed by atoms with van der Waals surface area (Å²) in [4.78, 5) is 11.7. The largest absolute Gasteiger partial charge is 0.504 e. The third kappa shape index (κ3) is 2.36. The van der Waals surface area contributed by atoms with Crippen LogP contribution in [0.4, 0.5) is 5.69 Å². The van der Waals surface area contributed by atoms with Crippen molar-refractivity contribution in [2.24, 2.45) is 0 Å². The van der Waals surface area contributed by atoms with E-state index in [1.54, 1.807) is 6.07 Å². The number of hydrogen-bond donors (Lipinski definition) is 2. The minimum Gasteiger partial charge on any atom is -0.504 e. The first-order valence-corrected chi connectivity index (χ1v) is 4.78. The number of benzene rings is 1. The molecule has 2 aromatic rings. The lowest BCUT2D eigenvalue weighted by atomic mass is 10.2. The molecule has 0 saturated carbocycles. The third-order valence-electron chi connectivity index (χ3n) is 2.13. The fourth-order valence-electron chi connectivity index (χ4n) is 1.30. The van der Waals surface area contributed by atoms with Crippen LogP contribution in [-0.4, -0.2) is 23.3 Å². The van der Waals surface area contributed by atoms with Gasteiger partial charge in [0, 0.05) is 5.56 Å². The Hall–Kier alpha value is -2.50. The highest BCUT2D eigenvalue weighted by Gasteiger charge is 2.10. The minimum atomic E-state index is -0.369. The number of methoxy groups -OCH3 is 1. The number of carbonyl (C=O) groups is 1. The predicted molar refractivity (Wildman–Crippen MR) is 59.1 cm³/mol. The lowest BCUT2D eigenvalue weighted by Crippen LogP contribution is -2.11. The van der Waals surface area contributed by atoms with E-state index in [2.05, 4.69) is 15.0 Å². The van der Waals surface area contributed by atoms with Crippen LogP contribution < -0.4 is 10.1 Å². The predicted octanol–water partition coefficient (Wildman–Crippen LogP) is 1.64. The average Bonchev–Trinajstić information content (AvgIpc) is 2.81. The molecule has 1 aromatic carbocycles. The number of carbonyl (C=O) groups excluding carboxylic acids is 1. The number of amides is 1. The molecule has 0 aliphatic carbocycles. The van der Waals surface area contributed by atoms with Crippen molar-refractivity contribution < 1.29 is 19.2 Å². The van der Waals surface area contributed by atoms with E-state index in [-0.39, 0.29) is 11.7 Å². The van der Waals surface area contributed by atoms with Gasteiger partial charge in [-0.25, -0.2) is 0 Å². The van der Waals surface area contributed by atoms with Crippen LogP contribution in [-0.2, 0) is 0 Å². The summed E-state index contributed by atoms with van der Waals surface area (Å²) in [5, 5.41) is 15.5. The molecule has 0 aliphatic heterocycles. The molecule has 17 heavy (non-hydrogen) atoms. The van der Waals surface area contributed by atoms with Crippen molar-refractivity contribution in [1.82, 2.24) is 5.16 Å². The lowest BCUT2D eigenvalue weighted by molar-refractivity contribution is 0.102. The van der Waals surface area contributed by atoms with Crippen LogP contribution >= 0.6 is 0 Å². The zero-order chi connectivity index (χ0) is 12.3. The Morgan fingerprint density at radius 1 is 1.53 bits per heavy atom.